The summed E-state index contributed by atoms with van der Waals surface area (Å²) in [5, 5.41) is 5.19. The van der Waals surface area contributed by atoms with E-state index in [0.29, 0.717) is 51.5 Å². The van der Waals surface area contributed by atoms with Crippen LogP contribution in [-0.2, 0) is 29.2 Å². The van der Waals surface area contributed by atoms with Crippen LogP contribution >= 0.6 is 0 Å². The summed E-state index contributed by atoms with van der Waals surface area (Å²) in [7, 11) is -3.99. The van der Waals surface area contributed by atoms with Crippen LogP contribution in [0.4, 0.5) is 0 Å². The fraction of sp³-hybridized carbons (Fsp3) is 0.630. The lowest BCUT2D eigenvalue weighted by Gasteiger charge is -2.40. The number of rotatable bonds is 11. The minimum absolute atomic E-state index is 0.0672. The van der Waals surface area contributed by atoms with Gasteiger partial charge in [-0.2, -0.15) is 4.72 Å². The van der Waals surface area contributed by atoms with Crippen LogP contribution in [0.25, 0.3) is 0 Å². The smallest absolute Gasteiger partial charge is 0.244 e. The zero-order valence-electron chi connectivity index (χ0n) is 23.0. The van der Waals surface area contributed by atoms with E-state index in [4.69, 9.17) is 5.73 Å². The van der Waals surface area contributed by atoms with Crippen molar-refractivity contribution in [3.63, 3.8) is 0 Å². The number of benzene rings is 1. The molecule has 3 rings (SSSR count). The third kappa shape index (κ3) is 7.78. The molecule has 0 spiro atoms. The first-order valence-corrected chi connectivity index (χ1v) is 15.1. The number of hydrogen-bond acceptors (Lipinski definition) is 6. The van der Waals surface area contributed by atoms with Gasteiger partial charge in [-0.3, -0.25) is 19.2 Å². The summed E-state index contributed by atoms with van der Waals surface area (Å²) in [5.41, 5.74) is 4.70. The monoisotopic (exact) mass is 563 g/mol. The first-order valence-electron chi connectivity index (χ1n) is 13.6. The number of carbonyl (C=O) groups is 4. The van der Waals surface area contributed by atoms with E-state index in [2.05, 4.69) is 15.4 Å². The van der Waals surface area contributed by atoms with Gasteiger partial charge in [0.05, 0.1) is 11.4 Å². The summed E-state index contributed by atoms with van der Waals surface area (Å²) in [6.45, 7) is 5.63. The number of carbonyl (C=O) groups excluding carboxylic acids is 4. The zero-order valence-corrected chi connectivity index (χ0v) is 23.8. The highest BCUT2D eigenvalue weighted by Gasteiger charge is 2.49. The third-order valence-electron chi connectivity index (χ3n) is 7.37. The first kappa shape index (κ1) is 30.6. The average Bonchev–Trinajstić information content (AvgIpc) is 3.36. The van der Waals surface area contributed by atoms with Crippen molar-refractivity contribution in [2.24, 2.45) is 11.7 Å². The molecular formula is C27H41N5O6S. The molecule has 1 aromatic carbocycles. The molecule has 11 nitrogen and oxygen atoms in total. The average molecular weight is 564 g/mol. The van der Waals surface area contributed by atoms with Crippen LogP contribution in [-0.4, -0.2) is 67.7 Å². The van der Waals surface area contributed by atoms with Crippen LogP contribution < -0.4 is 21.1 Å². The number of nitrogens with two attached hydrogens (primary N) is 1. The van der Waals surface area contributed by atoms with Crippen molar-refractivity contribution >= 4 is 33.7 Å². The predicted molar refractivity (Wildman–Crippen MR) is 146 cm³/mol. The van der Waals surface area contributed by atoms with Gasteiger partial charge in [0.1, 0.15) is 17.6 Å². The van der Waals surface area contributed by atoms with E-state index in [9.17, 15) is 27.6 Å². The summed E-state index contributed by atoms with van der Waals surface area (Å²) in [5.74, 6) is -2.04. The van der Waals surface area contributed by atoms with Gasteiger partial charge in [-0.1, -0.05) is 50.8 Å². The van der Waals surface area contributed by atoms with E-state index >= 15 is 0 Å². The Morgan fingerprint density at radius 3 is 2.28 bits per heavy atom. The number of hydrogen-bond donors (Lipinski definition) is 4. The Morgan fingerprint density at radius 1 is 1.05 bits per heavy atom. The highest BCUT2D eigenvalue weighted by Crippen LogP contribution is 2.34. The summed E-state index contributed by atoms with van der Waals surface area (Å²) >= 11 is 0. The summed E-state index contributed by atoms with van der Waals surface area (Å²) in [4.78, 5) is 52.8. The van der Waals surface area contributed by atoms with E-state index in [-0.39, 0.29) is 17.4 Å². The van der Waals surface area contributed by atoms with Crippen molar-refractivity contribution in [3.8, 4) is 0 Å². The Labute approximate surface area is 230 Å². The first-order chi connectivity index (χ1) is 18.3. The number of amides is 4. The van der Waals surface area contributed by atoms with Crippen molar-refractivity contribution in [3.05, 3.63) is 29.8 Å². The van der Waals surface area contributed by atoms with E-state index < -0.39 is 51.3 Å². The fourth-order valence-corrected chi connectivity index (χ4v) is 6.79. The lowest BCUT2D eigenvalue weighted by Crippen LogP contribution is -2.63. The largest absolute Gasteiger partial charge is 0.368 e. The standard InChI is InChI=1S/C27H41N5O6S/c1-18(2)16-21(24(34)29-17-23(28)33)30-25(35)22-8-7-15-32(22)26(36)27(13-5-4-6-14-27)31-39(37,38)20-11-9-19(3)10-12-20/h9-12,18,21-22,31H,4-8,13-17H2,1-3H3,(H2,28,33)(H,29,34)(H,30,35)/t21-,22?/m0/s1. The Hall–Kier alpha value is -2.99. The highest BCUT2D eigenvalue weighted by atomic mass is 32.2. The van der Waals surface area contributed by atoms with Crippen LogP contribution in [0.2, 0.25) is 0 Å². The van der Waals surface area contributed by atoms with Gasteiger partial charge in [-0.05, 0) is 57.1 Å². The number of likely N-dealkylation sites (tertiary alicyclic amines) is 1. The molecule has 12 heteroatoms. The Bertz CT molecular complexity index is 1160. The van der Waals surface area contributed by atoms with Crippen LogP contribution in [0.5, 0.6) is 0 Å². The molecule has 4 amide bonds. The van der Waals surface area contributed by atoms with Gasteiger partial charge >= 0.3 is 0 Å². The fourth-order valence-electron chi connectivity index (χ4n) is 5.37. The Kier molecular flexibility index (Phi) is 10.1. The molecule has 1 aliphatic carbocycles. The minimum atomic E-state index is -3.99. The molecule has 1 aliphatic heterocycles. The molecule has 2 aliphatic rings. The SMILES string of the molecule is Cc1ccc(S(=O)(=O)NC2(C(=O)N3CCCC3C(=O)N[C@@H](CC(C)C)C(=O)NCC(N)=O)CCCCC2)cc1. The molecule has 0 aromatic heterocycles. The lowest BCUT2D eigenvalue weighted by atomic mass is 9.81. The van der Waals surface area contributed by atoms with Crippen molar-refractivity contribution in [1.82, 2.24) is 20.3 Å². The molecule has 2 atom stereocenters. The molecule has 0 bridgehead atoms. The van der Waals surface area contributed by atoms with Gasteiger partial charge in [0, 0.05) is 6.54 Å². The molecule has 216 valence electrons. The quantitative estimate of drug-likeness (QED) is 0.314. The molecule has 1 saturated heterocycles. The number of nitrogens with one attached hydrogen (secondary N) is 3. The lowest BCUT2D eigenvalue weighted by molar-refractivity contribution is -0.145. The molecular weight excluding hydrogens is 522 g/mol. The van der Waals surface area contributed by atoms with E-state index in [0.717, 1.165) is 12.0 Å². The zero-order chi connectivity index (χ0) is 28.8. The number of primary amides is 1. The van der Waals surface area contributed by atoms with Gasteiger partial charge in [0.15, 0.2) is 0 Å². The summed E-state index contributed by atoms with van der Waals surface area (Å²) in [6, 6.07) is 4.71. The molecule has 1 heterocycles. The normalized spacial score (nSPS) is 19.9. The number of nitrogens with zero attached hydrogens (tertiary/aromatic N) is 1. The Balaban J connectivity index is 1.81. The molecule has 1 unspecified atom stereocenters. The van der Waals surface area contributed by atoms with Gasteiger partial charge < -0.3 is 21.3 Å². The second-order valence-electron chi connectivity index (χ2n) is 11.1. The second kappa shape index (κ2) is 12.9. The van der Waals surface area contributed by atoms with Gasteiger partial charge in [0.2, 0.25) is 33.7 Å². The van der Waals surface area contributed by atoms with Crippen molar-refractivity contribution < 1.29 is 27.6 Å². The summed E-state index contributed by atoms with van der Waals surface area (Å²) < 4.78 is 29.4. The van der Waals surface area contributed by atoms with E-state index in [1.807, 2.05) is 20.8 Å². The number of aryl methyl sites for hydroxylation is 1. The topological polar surface area (TPSA) is 168 Å². The summed E-state index contributed by atoms with van der Waals surface area (Å²) in [6.07, 6.45) is 4.25. The maximum Gasteiger partial charge on any atom is 0.244 e. The van der Waals surface area contributed by atoms with Gasteiger partial charge in [0.25, 0.3) is 0 Å². The van der Waals surface area contributed by atoms with E-state index in [1.165, 1.54) is 17.0 Å². The number of sulfonamides is 1. The minimum Gasteiger partial charge on any atom is -0.368 e. The van der Waals surface area contributed by atoms with Gasteiger partial charge in [-0.25, -0.2) is 8.42 Å². The predicted octanol–water partition coefficient (Wildman–Crippen LogP) is 1.10. The molecule has 5 N–H and O–H groups in total. The van der Waals surface area contributed by atoms with Crippen molar-refractivity contribution in [2.75, 3.05) is 13.1 Å². The van der Waals surface area contributed by atoms with E-state index in [1.54, 1.807) is 12.1 Å². The second-order valence-corrected chi connectivity index (χ2v) is 12.8. The van der Waals surface area contributed by atoms with Crippen LogP contribution in [0, 0.1) is 12.8 Å². The third-order valence-corrected chi connectivity index (χ3v) is 8.92. The van der Waals surface area contributed by atoms with Gasteiger partial charge in [-0.15, -0.1) is 0 Å². The molecule has 1 saturated carbocycles. The molecule has 39 heavy (non-hydrogen) atoms. The highest BCUT2D eigenvalue weighted by molar-refractivity contribution is 7.89. The van der Waals surface area contributed by atoms with Crippen LogP contribution in [0.3, 0.4) is 0 Å². The van der Waals surface area contributed by atoms with Crippen LogP contribution in [0.1, 0.15) is 70.8 Å². The Morgan fingerprint density at radius 2 is 1.69 bits per heavy atom. The maximum absolute atomic E-state index is 14.1. The molecule has 2 fully saturated rings. The maximum atomic E-state index is 14.1. The molecule has 0 radical (unpaired) electrons. The van der Waals surface area contributed by atoms with Crippen LogP contribution in [0.15, 0.2) is 29.2 Å². The van der Waals surface area contributed by atoms with Crippen molar-refractivity contribution in [1.29, 1.82) is 0 Å². The van der Waals surface area contributed by atoms with Crippen molar-refractivity contribution in [2.45, 2.75) is 94.7 Å². The molecule has 1 aromatic rings.